The number of nitrogens with one attached hydrogen (secondary N) is 1. The molecule has 3 rings (SSSR count). The molecule has 0 radical (unpaired) electrons. The van der Waals surface area contributed by atoms with Gasteiger partial charge < -0.3 is 4.74 Å². The van der Waals surface area contributed by atoms with Gasteiger partial charge in [-0.25, -0.2) is 5.43 Å². The highest BCUT2D eigenvalue weighted by molar-refractivity contribution is 5.98. The van der Waals surface area contributed by atoms with Crippen molar-refractivity contribution in [2.45, 2.75) is 6.18 Å². The summed E-state index contributed by atoms with van der Waals surface area (Å²) >= 11 is 0. The SMILES string of the molecule is O=C(N/N=C/c1cccc(C(F)(F)F)c1)c1cc([N+](=O)[O-])ccc1Oc1ccccc1. The van der Waals surface area contributed by atoms with E-state index in [1.807, 2.05) is 0 Å². The summed E-state index contributed by atoms with van der Waals surface area (Å²) in [6.07, 6.45) is -3.48. The van der Waals surface area contributed by atoms with E-state index in [0.29, 0.717) is 5.75 Å². The molecule has 0 unspecified atom stereocenters. The first-order chi connectivity index (χ1) is 14.7. The molecule has 0 spiro atoms. The van der Waals surface area contributed by atoms with Crippen molar-refractivity contribution in [1.29, 1.82) is 0 Å². The van der Waals surface area contributed by atoms with E-state index in [1.54, 1.807) is 30.3 Å². The Bertz CT molecular complexity index is 1130. The van der Waals surface area contributed by atoms with Crippen LogP contribution in [0.3, 0.4) is 0 Å². The van der Waals surface area contributed by atoms with Crippen molar-refractivity contribution in [3.63, 3.8) is 0 Å². The molecule has 0 aliphatic heterocycles. The Morgan fingerprint density at radius 3 is 2.45 bits per heavy atom. The van der Waals surface area contributed by atoms with Gasteiger partial charge in [0.25, 0.3) is 11.6 Å². The molecule has 1 amide bonds. The normalized spacial score (nSPS) is 11.3. The maximum Gasteiger partial charge on any atom is 0.416 e. The molecule has 3 aromatic carbocycles. The summed E-state index contributed by atoms with van der Waals surface area (Å²) in [5.74, 6) is -0.390. The number of nitro groups is 1. The van der Waals surface area contributed by atoms with Gasteiger partial charge in [-0.15, -0.1) is 0 Å². The molecular formula is C21H14F3N3O4. The van der Waals surface area contributed by atoms with Crippen molar-refractivity contribution in [1.82, 2.24) is 5.43 Å². The second-order valence-corrected chi connectivity index (χ2v) is 6.18. The first-order valence-corrected chi connectivity index (χ1v) is 8.76. The van der Waals surface area contributed by atoms with Gasteiger partial charge in [-0.1, -0.05) is 30.3 Å². The maximum absolute atomic E-state index is 12.8. The summed E-state index contributed by atoms with van der Waals surface area (Å²) in [6.45, 7) is 0. The fourth-order valence-electron chi connectivity index (χ4n) is 2.53. The predicted octanol–water partition coefficient (Wildman–Crippen LogP) is 5.17. The molecule has 0 fully saturated rings. The van der Waals surface area contributed by atoms with Crippen LogP contribution in [0.1, 0.15) is 21.5 Å². The molecule has 7 nitrogen and oxygen atoms in total. The van der Waals surface area contributed by atoms with Gasteiger partial charge in [0.2, 0.25) is 0 Å². The average molecular weight is 429 g/mol. The van der Waals surface area contributed by atoms with Gasteiger partial charge in [0.15, 0.2) is 0 Å². The first kappa shape index (κ1) is 21.5. The van der Waals surface area contributed by atoms with Crippen molar-refractivity contribution in [2.24, 2.45) is 5.10 Å². The molecule has 0 heterocycles. The van der Waals surface area contributed by atoms with Crippen molar-refractivity contribution in [3.05, 3.63) is 99.6 Å². The van der Waals surface area contributed by atoms with Crippen molar-refractivity contribution in [3.8, 4) is 11.5 Å². The van der Waals surface area contributed by atoms with E-state index in [0.717, 1.165) is 24.4 Å². The lowest BCUT2D eigenvalue weighted by atomic mass is 10.1. The highest BCUT2D eigenvalue weighted by atomic mass is 19.4. The quantitative estimate of drug-likeness (QED) is 0.332. The molecule has 158 valence electrons. The van der Waals surface area contributed by atoms with Gasteiger partial charge in [-0.2, -0.15) is 18.3 Å². The topological polar surface area (TPSA) is 93.8 Å². The van der Waals surface area contributed by atoms with Crippen LogP contribution < -0.4 is 10.2 Å². The number of ether oxygens (including phenoxy) is 1. The molecule has 3 aromatic rings. The monoisotopic (exact) mass is 429 g/mol. The molecule has 10 heteroatoms. The number of carbonyl (C=O) groups is 1. The Kier molecular flexibility index (Phi) is 6.29. The Labute approximate surface area is 173 Å². The number of nitro benzene ring substituents is 1. The number of hydrogen-bond acceptors (Lipinski definition) is 5. The van der Waals surface area contributed by atoms with E-state index >= 15 is 0 Å². The van der Waals surface area contributed by atoms with Gasteiger partial charge in [-0.3, -0.25) is 14.9 Å². The number of hydrogen-bond donors (Lipinski definition) is 1. The number of alkyl halides is 3. The summed E-state index contributed by atoms with van der Waals surface area (Å²) in [7, 11) is 0. The number of hydrazone groups is 1. The fourth-order valence-corrected chi connectivity index (χ4v) is 2.53. The number of nitrogens with zero attached hydrogens (tertiary/aromatic N) is 2. The van der Waals surface area contributed by atoms with Crippen LogP contribution in [0, 0.1) is 10.1 Å². The minimum Gasteiger partial charge on any atom is -0.457 e. The number of carbonyl (C=O) groups excluding carboxylic acids is 1. The molecule has 0 saturated heterocycles. The summed E-state index contributed by atoms with van der Waals surface area (Å²) < 4.78 is 44.0. The minimum absolute atomic E-state index is 0.0450. The molecular weight excluding hydrogens is 415 g/mol. The van der Waals surface area contributed by atoms with Gasteiger partial charge in [-0.05, 0) is 35.9 Å². The van der Waals surface area contributed by atoms with Gasteiger partial charge >= 0.3 is 6.18 Å². The van der Waals surface area contributed by atoms with E-state index in [-0.39, 0.29) is 22.6 Å². The smallest absolute Gasteiger partial charge is 0.416 e. The van der Waals surface area contributed by atoms with Crippen molar-refractivity contribution < 1.29 is 27.6 Å². The fraction of sp³-hybridized carbons (Fsp3) is 0.0476. The summed E-state index contributed by atoms with van der Waals surface area (Å²) in [5.41, 5.74) is 0.882. The lowest BCUT2D eigenvalue weighted by molar-refractivity contribution is -0.384. The van der Waals surface area contributed by atoms with Crippen LogP contribution in [-0.4, -0.2) is 17.0 Å². The van der Waals surface area contributed by atoms with E-state index in [9.17, 15) is 28.1 Å². The number of non-ortho nitro benzene ring substituents is 1. The van der Waals surface area contributed by atoms with Crippen LogP contribution in [0.2, 0.25) is 0 Å². The van der Waals surface area contributed by atoms with Crippen molar-refractivity contribution in [2.75, 3.05) is 0 Å². The third-order valence-corrected chi connectivity index (χ3v) is 3.98. The third kappa shape index (κ3) is 5.66. The number of amides is 1. The maximum atomic E-state index is 12.8. The van der Waals surface area contributed by atoms with Crippen LogP contribution in [0.15, 0.2) is 77.9 Å². The first-order valence-electron chi connectivity index (χ1n) is 8.76. The highest BCUT2D eigenvalue weighted by Crippen LogP contribution is 2.30. The Balaban J connectivity index is 1.82. The van der Waals surface area contributed by atoms with Crippen molar-refractivity contribution >= 4 is 17.8 Å². The number of halogens is 3. The Hall–Kier alpha value is -4.21. The second kappa shape index (κ2) is 9.08. The molecule has 0 bridgehead atoms. The zero-order chi connectivity index (χ0) is 22.4. The van der Waals surface area contributed by atoms with Crippen LogP contribution in [0.5, 0.6) is 11.5 Å². The van der Waals surface area contributed by atoms with E-state index in [4.69, 9.17) is 4.74 Å². The van der Waals surface area contributed by atoms with E-state index in [2.05, 4.69) is 10.5 Å². The molecule has 0 aliphatic carbocycles. The highest BCUT2D eigenvalue weighted by Gasteiger charge is 2.30. The minimum atomic E-state index is -4.51. The number of para-hydroxylation sites is 1. The summed E-state index contributed by atoms with van der Waals surface area (Å²) in [4.78, 5) is 22.9. The predicted molar refractivity (Wildman–Crippen MR) is 106 cm³/mol. The zero-order valence-corrected chi connectivity index (χ0v) is 15.7. The van der Waals surface area contributed by atoms with E-state index < -0.39 is 22.6 Å². The summed E-state index contributed by atoms with van der Waals surface area (Å²) in [5, 5.41) is 14.7. The molecule has 0 aliphatic rings. The lowest BCUT2D eigenvalue weighted by Gasteiger charge is -2.10. The van der Waals surface area contributed by atoms with Gasteiger partial charge in [0.1, 0.15) is 11.5 Å². The Morgan fingerprint density at radius 1 is 1.03 bits per heavy atom. The van der Waals surface area contributed by atoms with E-state index in [1.165, 1.54) is 24.3 Å². The zero-order valence-electron chi connectivity index (χ0n) is 15.7. The summed E-state index contributed by atoms with van der Waals surface area (Å²) in [6, 6.07) is 16.3. The van der Waals surface area contributed by atoms with Crippen LogP contribution in [-0.2, 0) is 6.18 Å². The van der Waals surface area contributed by atoms with Crippen LogP contribution >= 0.6 is 0 Å². The third-order valence-electron chi connectivity index (χ3n) is 3.98. The van der Waals surface area contributed by atoms with Crippen LogP contribution in [0.25, 0.3) is 0 Å². The molecule has 31 heavy (non-hydrogen) atoms. The molecule has 0 saturated carbocycles. The molecule has 1 N–H and O–H groups in total. The van der Waals surface area contributed by atoms with Crippen LogP contribution in [0.4, 0.5) is 18.9 Å². The number of benzene rings is 3. The van der Waals surface area contributed by atoms with Gasteiger partial charge in [0, 0.05) is 12.1 Å². The lowest BCUT2D eigenvalue weighted by Crippen LogP contribution is -2.18. The number of rotatable bonds is 6. The van der Waals surface area contributed by atoms with Gasteiger partial charge in [0.05, 0.1) is 22.3 Å². The Morgan fingerprint density at radius 2 is 1.77 bits per heavy atom. The standard InChI is InChI=1S/C21H14F3N3O4/c22-21(23,24)15-6-4-5-14(11-15)13-25-26-20(28)18-12-16(27(29)30)9-10-19(18)31-17-7-2-1-3-8-17/h1-13H,(H,26,28)/b25-13+. The average Bonchev–Trinajstić information content (AvgIpc) is 2.74. The second-order valence-electron chi connectivity index (χ2n) is 6.18. The molecule has 0 aromatic heterocycles. The molecule has 0 atom stereocenters. The largest absolute Gasteiger partial charge is 0.457 e.